The summed E-state index contributed by atoms with van der Waals surface area (Å²) in [6.45, 7) is 10.6. The maximum Gasteiger partial charge on any atom is 0.226 e. The van der Waals surface area contributed by atoms with Crippen LogP contribution in [0.5, 0.6) is 0 Å². The van der Waals surface area contributed by atoms with Crippen molar-refractivity contribution in [3.63, 3.8) is 0 Å². The zero-order chi connectivity index (χ0) is 19.6. The van der Waals surface area contributed by atoms with E-state index in [4.69, 9.17) is 4.42 Å². The van der Waals surface area contributed by atoms with Gasteiger partial charge < -0.3 is 9.73 Å². The van der Waals surface area contributed by atoms with E-state index in [9.17, 15) is 4.79 Å². The number of carbonyl (C=O) groups is 1. The van der Waals surface area contributed by atoms with Crippen LogP contribution in [-0.4, -0.2) is 20.7 Å². The highest BCUT2D eigenvalue weighted by atomic mass is 16.4. The van der Waals surface area contributed by atoms with Gasteiger partial charge in [0.1, 0.15) is 11.5 Å². The second-order valence-corrected chi connectivity index (χ2v) is 7.33. The highest BCUT2D eigenvalue weighted by molar-refractivity contribution is 5.91. The van der Waals surface area contributed by atoms with E-state index in [1.165, 1.54) is 0 Å². The Morgan fingerprint density at radius 1 is 1.19 bits per heavy atom. The van der Waals surface area contributed by atoms with E-state index < -0.39 is 0 Å². The molecular formula is C21H26N4O2. The van der Waals surface area contributed by atoms with Gasteiger partial charge in [-0.3, -0.25) is 9.48 Å². The molecule has 0 aliphatic carbocycles. The summed E-state index contributed by atoms with van der Waals surface area (Å²) in [4.78, 5) is 16.5. The molecule has 142 valence electrons. The molecule has 2 aromatic heterocycles. The first-order valence-corrected chi connectivity index (χ1v) is 9.19. The number of aryl methyl sites for hydroxylation is 3. The Hall–Kier alpha value is -2.89. The Morgan fingerprint density at radius 3 is 2.48 bits per heavy atom. The molecule has 27 heavy (non-hydrogen) atoms. The van der Waals surface area contributed by atoms with Crippen molar-refractivity contribution in [2.75, 3.05) is 5.32 Å². The van der Waals surface area contributed by atoms with Crippen LogP contribution < -0.4 is 5.32 Å². The molecule has 1 N–H and O–H groups in total. The topological polar surface area (TPSA) is 73.0 Å². The van der Waals surface area contributed by atoms with Crippen LogP contribution in [0, 0.1) is 26.7 Å². The zero-order valence-electron chi connectivity index (χ0n) is 16.5. The van der Waals surface area contributed by atoms with Gasteiger partial charge in [-0.15, -0.1) is 0 Å². The minimum atomic E-state index is 0.0249. The Morgan fingerprint density at radius 2 is 1.89 bits per heavy atom. The van der Waals surface area contributed by atoms with Crippen LogP contribution in [0.4, 0.5) is 5.69 Å². The molecule has 6 nitrogen and oxygen atoms in total. The Bertz CT molecular complexity index is 936. The molecule has 0 aliphatic rings. The van der Waals surface area contributed by atoms with E-state index >= 15 is 0 Å². The smallest absolute Gasteiger partial charge is 0.226 e. The number of aromatic nitrogens is 3. The zero-order valence-corrected chi connectivity index (χ0v) is 16.5. The van der Waals surface area contributed by atoms with Crippen molar-refractivity contribution >= 4 is 11.6 Å². The van der Waals surface area contributed by atoms with Crippen LogP contribution in [0.25, 0.3) is 11.5 Å². The number of carbonyl (C=O) groups excluding carboxylic acids is 1. The average molecular weight is 366 g/mol. The molecule has 2 heterocycles. The highest BCUT2D eigenvalue weighted by Gasteiger charge is 2.14. The Balaban J connectivity index is 1.73. The van der Waals surface area contributed by atoms with Gasteiger partial charge in [0.2, 0.25) is 11.8 Å². The van der Waals surface area contributed by atoms with Gasteiger partial charge in [0.15, 0.2) is 0 Å². The maximum absolute atomic E-state index is 11.9. The number of oxazole rings is 1. The number of amides is 1. The lowest BCUT2D eigenvalue weighted by atomic mass is 10.1. The SMILES string of the molecule is Cc1cc(C)n(Cc2nc(-c3ccc(NC(=O)CC(C)C)cc3)oc2C)n1. The summed E-state index contributed by atoms with van der Waals surface area (Å²) in [5, 5.41) is 7.39. The molecule has 0 spiro atoms. The van der Waals surface area contributed by atoms with Crippen molar-refractivity contribution in [3.05, 3.63) is 53.2 Å². The van der Waals surface area contributed by atoms with Gasteiger partial charge in [-0.2, -0.15) is 5.10 Å². The van der Waals surface area contributed by atoms with Gasteiger partial charge in [0, 0.05) is 23.4 Å². The monoisotopic (exact) mass is 366 g/mol. The minimum absolute atomic E-state index is 0.0249. The molecule has 0 saturated heterocycles. The van der Waals surface area contributed by atoms with E-state index in [0.717, 1.165) is 34.1 Å². The van der Waals surface area contributed by atoms with Gasteiger partial charge in [-0.1, -0.05) is 13.8 Å². The fourth-order valence-electron chi connectivity index (χ4n) is 2.95. The third kappa shape index (κ3) is 4.64. The standard InChI is InChI=1S/C21H26N4O2/c1-13(2)10-20(26)22-18-8-6-17(7-9-18)21-23-19(16(5)27-21)12-25-15(4)11-14(3)24-25/h6-9,11,13H,10,12H2,1-5H3,(H,22,26). The molecule has 1 aromatic carbocycles. The van der Waals surface area contributed by atoms with Crippen molar-refractivity contribution in [1.82, 2.24) is 14.8 Å². The van der Waals surface area contributed by atoms with Gasteiger partial charge in [0.05, 0.1) is 12.2 Å². The summed E-state index contributed by atoms with van der Waals surface area (Å²) in [7, 11) is 0. The summed E-state index contributed by atoms with van der Waals surface area (Å²) in [5.41, 5.74) is 4.60. The summed E-state index contributed by atoms with van der Waals surface area (Å²) >= 11 is 0. The minimum Gasteiger partial charge on any atom is -0.441 e. The van der Waals surface area contributed by atoms with Crippen molar-refractivity contribution in [1.29, 1.82) is 0 Å². The van der Waals surface area contributed by atoms with Crippen molar-refractivity contribution in [3.8, 4) is 11.5 Å². The van der Waals surface area contributed by atoms with Crippen molar-refractivity contribution < 1.29 is 9.21 Å². The average Bonchev–Trinajstić information content (AvgIpc) is 3.10. The van der Waals surface area contributed by atoms with Crippen LogP contribution >= 0.6 is 0 Å². The van der Waals surface area contributed by atoms with Gasteiger partial charge in [0.25, 0.3) is 0 Å². The van der Waals surface area contributed by atoms with Crippen LogP contribution in [-0.2, 0) is 11.3 Å². The number of hydrogen-bond acceptors (Lipinski definition) is 4. The molecule has 0 unspecified atom stereocenters. The number of benzene rings is 1. The van der Waals surface area contributed by atoms with Gasteiger partial charge in [-0.05, 0) is 57.0 Å². The highest BCUT2D eigenvalue weighted by Crippen LogP contribution is 2.24. The first-order chi connectivity index (χ1) is 12.8. The second kappa shape index (κ2) is 7.78. The quantitative estimate of drug-likeness (QED) is 0.697. The number of anilines is 1. The van der Waals surface area contributed by atoms with E-state index in [1.54, 1.807) is 0 Å². The molecule has 3 aromatic rings. The summed E-state index contributed by atoms with van der Waals surface area (Å²) in [6.07, 6.45) is 0.510. The Kier molecular flexibility index (Phi) is 5.44. The maximum atomic E-state index is 11.9. The Labute approximate surface area is 159 Å². The lowest BCUT2D eigenvalue weighted by Crippen LogP contribution is -2.13. The van der Waals surface area contributed by atoms with Gasteiger partial charge in [-0.25, -0.2) is 4.98 Å². The van der Waals surface area contributed by atoms with E-state index in [-0.39, 0.29) is 5.91 Å². The molecule has 0 aliphatic heterocycles. The number of nitrogens with one attached hydrogen (secondary N) is 1. The molecule has 0 radical (unpaired) electrons. The predicted octanol–water partition coefficient (Wildman–Crippen LogP) is 4.50. The predicted molar refractivity (Wildman–Crippen MR) is 106 cm³/mol. The van der Waals surface area contributed by atoms with E-state index in [1.807, 2.05) is 69.6 Å². The first-order valence-electron chi connectivity index (χ1n) is 9.19. The molecule has 0 bridgehead atoms. The first kappa shape index (κ1) is 18.9. The number of nitrogens with zero attached hydrogens (tertiary/aromatic N) is 3. The molecular weight excluding hydrogens is 340 g/mol. The number of hydrogen-bond donors (Lipinski definition) is 1. The van der Waals surface area contributed by atoms with E-state index in [0.29, 0.717) is 24.8 Å². The molecule has 0 atom stereocenters. The van der Waals surface area contributed by atoms with Crippen LogP contribution in [0.2, 0.25) is 0 Å². The summed E-state index contributed by atoms with van der Waals surface area (Å²) in [6, 6.07) is 9.59. The van der Waals surface area contributed by atoms with E-state index in [2.05, 4.69) is 15.4 Å². The fraction of sp³-hybridized carbons (Fsp3) is 0.381. The molecule has 6 heteroatoms. The van der Waals surface area contributed by atoms with Gasteiger partial charge >= 0.3 is 0 Å². The van der Waals surface area contributed by atoms with Crippen LogP contribution in [0.3, 0.4) is 0 Å². The molecule has 0 fully saturated rings. The third-order valence-corrected chi connectivity index (χ3v) is 4.30. The largest absolute Gasteiger partial charge is 0.441 e. The molecule has 1 amide bonds. The summed E-state index contributed by atoms with van der Waals surface area (Å²) < 4.78 is 7.78. The van der Waals surface area contributed by atoms with Crippen LogP contribution in [0.15, 0.2) is 34.7 Å². The fourth-order valence-corrected chi connectivity index (χ4v) is 2.95. The lowest BCUT2D eigenvalue weighted by molar-refractivity contribution is -0.116. The lowest BCUT2D eigenvalue weighted by Gasteiger charge is -2.07. The van der Waals surface area contributed by atoms with Crippen molar-refractivity contribution in [2.45, 2.75) is 47.6 Å². The second-order valence-electron chi connectivity index (χ2n) is 7.33. The summed E-state index contributed by atoms with van der Waals surface area (Å²) in [5.74, 6) is 1.72. The van der Waals surface area contributed by atoms with Crippen LogP contribution in [0.1, 0.15) is 43.1 Å². The molecule has 0 saturated carbocycles. The number of rotatable bonds is 6. The molecule has 3 rings (SSSR count). The third-order valence-electron chi connectivity index (χ3n) is 4.30. The normalized spacial score (nSPS) is 11.2. The van der Waals surface area contributed by atoms with Crippen molar-refractivity contribution in [2.24, 2.45) is 5.92 Å².